The third-order valence-electron chi connectivity index (χ3n) is 3.17. The zero-order valence-electron chi connectivity index (χ0n) is 13.3. The number of hydrogen-bond acceptors (Lipinski definition) is 4. The van der Waals surface area contributed by atoms with Crippen LogP contribution in [0.3, 0.4) is 0 Å². The Labute approximate surface area is 131 Å². The molecule has 122 valence electrons. The molecule has 1 heterocycles. The van der Waals surface area contributed by atoms with E-state index in [1.165, 1.54) is 0 Å². The number of aryl methyl sites for hydroxylation is 1. The van der Waals surface area contributed by atoms with E-state index in [9.17, 15) is 9.59 Å². The molecule has 6 heteroatoms. The Balaban J connectivity index is 2.11. The number of aliphatic hydroxyl groups excluding tert-OH is 1. The van der Waals surface area contributed by atoms with Crippen molar-refractivity contribution < 1.29 is 14.7 Å². The molecule has 0 bridgehead atoms. The fourth-order valence-corrected chi connectivity index (χ4v) is 1.83. The van der Waals surface area contributed by atoms with Crippen LogP contribution in [0.4, 0.5) is 0 Å². The molecule has 6 nitrogen and oxygen atoms in total. The van der Waals surface area contributed by atoms with Crippen LogP contribution < -0.4 is 10.6 Å². The molecule has 3 N–H and O–H groups in total. The van der Waals surface area contributed by atoms with Crippen LogP contribution in [0.5, 0.6) is 0 Å². The van der Waals surface area contributed by atoms with Gasteiger partial charge in [0, 0.05) is 44.4 Å². The van der Waals surface area contributed by atoms with Crippen LogP contribution in [-0.2, 0) is 16.0 Å². The summed E-state index contributed by atoms with van der Waals surface area (Å²) in [5.74, 6) is -0.183. The summed E-state index contributed by atoms with van der Waals surface area (Å²) in [7, 11) is 0. The van der Waals surface area contributed by atoms with Gasteiger partial charge in [0.15, 0.2) is 0 Å². The number of amides is 2. The molecule has 2 amide bonds. The Hall–Kier alpha value is -1.95. The lowest BCUT2D eigenvalue weighted by molar-refractivity contribution is -0.124. The molecule has 1 rings (SSSR count). The van der Waals surface area contributed by atoms with Gasteiger partial charge in [-0.1, -0.05) is 19.9 Å². The second-order valence-electron chi connectivity index (χ2n) is 6.02. The van der Waals surface area contributed by atoms with E-state index in [1.807, 2.05) is 32.0 Å². The molecule has 0 radical (unpaired) electrons. The predicted octanol–water partition coefficient (Wildman–Crippen LogP) is 0.655. The van der Waals surface area contributed by atoms with Gasteiger partial charge in [-0.3, -0.25) is 14.6 Å². The summed E-state index contributed by atoms with van der Waals surface area (Å²) in [5.41, 5.74) is 0.466. The number of nitrogens with one attached hydrogen (secondary N) is 2. The van der Waals surface area contributed by atoms with E-state index in [0.717, 1.165) is 5.69 Å². The van der Waals surface area contributed by atoms with E-state index < -0.39 is 5.41 Å². The minimum atomic E-state index is -0.421. The van der Waals surface area contributed by atoms with Crippen LogP contribution in [-0.4, -0.2) is 41.6 Å². The molecule has 1 aromatic rings. The van der Waals surface area contributed by atoms with Gasteiger partial charge in [-0.05, 0) is 24.0 Å². The van der Waals surface area contributed by atoms with Gasteiger partial charge in [0.25, 0.3) is 0 Å². The summed E-state index contributed by atoms with van der Waals surface area (Å²) in [6.45, 7) is 4.39. The number of pyridine rings is 1. The second kappa shape index (κ2) is 9.15. The number of carbonyl (C=O) groups is 2. The van der Waals surface area contributed by atoms with E-state index >= 15 is 0 Å². The number of aliphatic hydroxyl groups is 1. The number of rotatable bonds is 9. The fourth-order valence-electron chi connectivity index (χ4n) is 1.83. The van der Waals surface area contributed by atoms with Crippen molar-refractivity contribution in [2.45, 2.75) is 33.1 Å². The van der Waals surface area contributed by atoms with Gasteiger partial charge in [0.1, 0.15) is 0 Å². The maximum atomic E-state index is 11.7. The highest BCUT2D eigenvalue weighted by atomic mass is 16.3. The summed E-state index contributed by atoms with van der Waals surface area (Å²) in [5, 5.41) is 14.6. The predicted molar refractivity (Wildman–Crippen MR) is 84.1 cm³/mol. The highest BCUT2D eigenvalue weighted by molar-refractivity contribution is 5.77. The largest absolute Gasteiger partial charge is 0.396 e. The van der Waals surface area contributed by atoms with Gasteiger partial charge < -0.3 is 15.7 Å². The standard InChI is InChI=1S/C16H25N3O3/c1-16(2,12-20)11-15(22)19-10-9-18-14(21)7-6-13-5-3-4-8-17-13/h3-5,8,20H,6-7,9-12H2,1-2H3,(H,18,21)(H,19,22). The van der Waals surface area contributed by atoms with E-state index in [4.69, 9.17) is 5.11 Å². The van der Waals surface area contributed by atoms with Crippen molar-refractivity contribution in [1.82, 2.24) is 15.6 Å². The summed E-state index contributed by atoms with van der Waals surface area (Å²) < 4.78 is 0. The topological polar surface area (TPSA) is 91.3 Å². The van der Waals surface area contributed by atoms with Crippen molar-refractivity contribution in [2.75, 3.05) is 19.7 Å². The molecule has 1 aromatic heterocycles. The SMILES string of the molecule is CC(C)(CO)CC(=O)NCCNC(=O)CCc1ccccn1. The lowest BCUT2D eigenvalue weighted by atomic mass is 9.90. The maximum Gasteiger partial charge on any atom is 0.220 e. The Morgan fingerprint density at radius 1 is 1.18 bits per heavy atom. The minimum absolute atomic E-state index is 0.0370. The van der Waals surface area contributed by atoms with Gasteiger partial charge in [-0.25, -0.2) is 0 Å². The quantitative estimate of drug-likeness (QED) is 0.584. The molecule has 0 aliphatic heterocycles. The summed E-state index contributed by atoms with van der Waals surface area (Å²) in [6.07, 6.45) is 2.94. The van der Waals surface area contributed by atoms with Gasteiger partial charge in [0.2, 0.25) is 11.8 Å². The Morgan fingerprint density at radius 2 is 1.86 bits per heavy atom. The maximum absolute atomic E-state index is 11.7. The molecule has 0 aliphatic carbocycles. The first kappa shape index (κ1) is 18.1. The summed E-state index contributed by atoms with van der Waals surface area (Å²) >= 11 is 0. The van der Waals surface area contributed by atoms with E-state index in [2.05, 4.69) is 15.6 Å². The van der Waals surface area contributed by atoms with Crippen molar-refractivity contribution in [2.24, 2.45) is 5.41 Å². The van der Waals surface area contributed by atoms with Gasteiger partial charge >= 0.3 is 0 Å². The van der Waals surface area contributed by atoms with Crippen LogP contribution >= 0.6 is 0 Å². The first-order valence-corrected chi connectivity index (χ1v) is 7.47. The van der Waals surface area contributed by atoms with Crippen LogP contribution in [0.1, 0.15) is 32.4 Å². The Bertz CT molecular complexity index is 475. The van der Waals surface area contributed by atoms with E-state index in [1.54, 1.807) is 6.20 Å². The van der Waals surface area contributed by atoms with Crippen LogP contribution in [0.2, 0.25) is 0 Å². The molecule has 0 saturated heterocycles. The lowest BCUT2D eigenvalue weighted by Gasteiger charge is -2.20. The van der Waals surface area contributed by atoms with Crippen molar-refractivity contribution >= 4 is 11.8 Å². The van der Waals surface area contributed by atoms with Crippen LogP contribution in [0.25, 0.3) is 0 Å². The molecule has 0 unspecified atom stereocenters. The average molecular weight is 307 g/mol. The monoisotopic (exact) mass is 307 g/mol. The van der Waals surface area contributed by atoms with Crippen LogP contribution in [0, 0.1) is 5.41 Å². The number of hydrogen-bond donors (Lipinski definition) is 3. The third-order valence-corrected chi connectivity index (χ3v) is 3.17. The summed E-state index contributed by atoms with van der Waals surface area (Å²) in [4.78, 5) is 27.4. The zero-order chi connectivity index (χ0) is 16.4. The van der Waals surface area contributed by atoms with Gasteiger partial charge in [-0.2, -0.15) is 0 Å². The Kier molecular flexibility index (Phi) is 7.52. The van der Waals surface area contributed by atoms with Crippen molar-refractivity contribution in [3.63, 3.8) is 0 Å². The molecule has 0 saturated carbocycles. The average Bonchev–Trinajstić information content (AvgIpc) is 2.50. The lowest BCUT2D eigenvalue weighted by Crippen LogP contribution is -2.37. The smallest absolute Gasteiger partial charge is 0.220 e. The molecular weight excluding hydrogens is 282 g/mol. The molecule has 0 aliphatic rings. The van der Waals surface area contributed by atoms with Crippen molar-refractivity contribution in [3.8, 4) is 0 Å². The number of nitrogens with zero attached hydrogens (tertiary/aromatic N) is 1. The highest BCUT2D eigenvalue weighted by Crippen LogP contribution is 2.18. The number of aromatic nitrogens is 1. The molecule has 0 spiro atoms. The van der Waals surface area contributed by atoms with Gasteiger partial charge in [0.05, 0.1) is 0 Å². The van der Waals surface area contributed by atoms with Crippen molar-refractivity contribution in [3.05, 3.63) is 30.1 Å². The first-order chi connectivity index (χ1) is 10.4. The number of carbonyl (C=O) groups excluding carboxylic acids is 2. The molecule has 0 aromatic carbocycles. The highest BCUT2D eigenvalue weighted by Gasteiger charge is 2.20. The molecule has 22 heavy (non-hydrogen) atoms. The third kappa shape index (κ3) is 7.73. The van der Waals surface area contributed by atoms with Crippen LogP contribution in [0.15, 0.2) is 24.4 Å². The first-order valence-electron chi connectivity index (χ1n) is 7.47. The van der Waals surface area contributed by atoms with E-state index in [-0.39, 0.29) is 24.8 Å². The van der Waals surface area contributed by atoms with Gasteiger partial charge in [-0.15, -0.1) is 0 Å². The second-order valence-corrected chi connectivity index (χ2v) is 6.02. The summed E-state index contributed by atoms with van der Waals surface area (Å²) in [6, 6.07) is 5.62. The fraction of sp³-hybridized carbons (Fsp3) is 0.562. The Morgan fingerprint density at radius 3 is 2.45 bits per heavy atom. The molecule has 0 fully saturated rings. The zero-order valence-corrected chi connectivity index (χ0v) is 13.3. The molecule has 0 atom stereocenters. The molecular formula is C16H25N3O3. The normalized spacial score (nSPS) is 11.0. The van der Waals surface area contributed by atoms with E-state index in [0.29, 0.717) is 25.9 Å². The minimum Gasteiger partial charge on any atom is -0.396 e. The van der Waals surface area contributed by atoms with Crippen molar-refractivity contribution in [1.29, 1.82) is 0 Å².